The van der Waals surface area contributed by atoms with Gasteiger partial charge < -0.3 is 20.7 Å². The third-order valence-electron chi connectivity index (χ3n) is 4.09. The molecule has 0 spiro atoms. The van der Waals surface area contributed by atoms with Gasteiger partial charge >= 0.3 is 12.0 Å². The Balaban J connectivity index is 1.95. The number of esters is 1. The lowest BCUT2D eigenvalue weighted by Crippen LogP contribution is -2.48. The second kappa shape index (κ2) is 10.3. The molecule has 160 valence electrons. The van der Waals surface area contributed by atoms with Gasteiger partial charge in [0, 0.05) is 11.8 Å². The molecule has 7 nitrogen and oxygen atoms in total. The van der Waals surface area contributed by atoms with E-state index in [1.54, 1.807) is 44.2 Å². The Morgan fingerprint density at radius 3 is 2.20 bits per heavy atom. The van der Waals surface area contributed by atoms with Crippen molar-refractivity contribution in [1.82, 2.24) is 5.32 Å². The molecule has 0 saturated heterocycles. The van der Waals surface area contributed by atoms with Crippen LogP contribution < -0.4 is 16.0 Å². The van der Waals surface area contributed by atoms with Gasteiger partial charge in [0.1, 0.15) is 17.7 Å². The first-order valence-corrected chi connectivity index (χ1v) is 9.26. The number of amides is 3. The van der Waals surface area contributed by atoms with Gasteiger partial charge in [0.2, 0.25) is 0 Å². The number of anilines is 2. The first-order chi connectivity index (χ1) is 14.2. The Bertz CT molecular complexity index is 906. The van der Waals surface area contributed by atoms with Crippen molar-refractivity contribution in [2.75, 3.05) is 10.6 Å². The van der Waals surface area contributed by atoms with Gasteiger partial charge in [-0.2, -0.15) is 0 Å². The minimum Gasteiger partial charge on any atom is -0.451 e. The second-order valence-electron chi connectivity index (χ2n) is 6.88. The molecule has 0 fully saturated rings. The molecule has 0 unspecified atom stereocenters. The summed E-state index contributed by atoms with van der Waals surface area (Å²) in [5.74, 6) is -3.70. The van der Waals surface area contributed by atoms with Gasteiger partial charge in [-0.3, -0.25) is 4.79 Å². The summed E-state index contributed by atoms with van der Waals surface area (Å²) in [6, 6.07) is 9.68. The predicted octanol–water partition coefficient (Wildman–Crippen LogP) is 3.68. The molecule has 0 aromatic heterocycles. The molecular formula is C21H23F2N3O4. The van der Waals surface area contributed by atoms with E-state index < -0.39 is 41.7 Å². The number of carbonyl (C=O) groups excluding carboxylic acids is 3. The minimum absolute atomic E-state index is 0.245. The van der Waals surface area contributed by atoms with Crippen LogP contribution in [0.25, 0.3) is 0 Å². The van der Waals surface area contributed by atoms with E-state index in [9.17, 15) is 23.2 Å². The Hall–Kier alpha value is -3.49. The van der Waals surface area contributed by atoms with Crippen LogP contribution in [-0.4, -0.2) is 30.1 Å². The number of ether oxygens (including phenoxy) is 1. The summed E-state index contributed by atoms with van der Waals surface area (Å²) in [5, 5.41) is 7.33. The normalized spacial score (nSPS) is 12.6. The quantitative estimate of drug-likeness (QED) is 0.597. The summed E-state index contributed by atoms with van der Waals surface area (Å²) < 4.78 is 31.8. The van der Waals surface area contributed by atoms with Gasteiger partial charge in [0.25, 0.3) is 5.91 Å². The molecule has 30 heavy (non-hydrogen) atoms. The SMILES string of the molecule is CC(C)[C@H](NC(=O)Nc1ccccc1)C(=O)O[C@H](C)C(=O)Nc1ccc(F)cc1F. The van der Waals surface area contributed by atoms with Gasteiger partial charge in [0.15, 0.2) is 6.10 Å². The zero-order chi connectivity index (χ0) is 22.3. The lowest BCUT2D eigenvalue weighted by molar-refractivity contribution is -0.156. The van der Waals surface area contributed by atoms with Crippen molar-refractivity contribution >= 4 is 29.3 Å². The number of hydrogen-bond donors (Lipinski definition) is 3. The molecule has 0 aliphatic heterocycles. The molecule has 0 bridgehead atoms. The summed E-state index contributed by atoms with van der Waals surface area (Å²) >= 11 is 0. The summed E-state index contributed by atoms with van der Waals surface area (Å²) in [4.78, 5) is 36.9. The molecule has 0 radical (unpaired) electrons. The van der Waals surface area contributed by atoms with Crippen LogP contribution in [0.3, 0.4) is 0 Å². The van der Waals surface area contributed by atoms with Crippen molar-refractivity contribution in [3.63, 3.8) is 0 Å². The highest BCUT2D eigenvalue weighted by Gasteiger charge is 2.29. The number of benzene rings is 2. The Morgan fingerprint density at radius 2 is 1.60 bits per heavy atom. The lowest BCUT2D eigenvalue weighted by Gasteiger charge is -2.23. The van der Waals surface area contributed by atoms with Crippen LogP contribution in [0.15, 0.2) is 48.5 Å². The van der Waals surface area contributed by atoms with E-state index in [4.69, 9.17) is 4.74 Å². The second-order valence-corrected chi connectivity index (χ2v) is 6.88. The van der Waals surface area contributed by atoms with Crippen molar-refractivity contribution in [3.8, 4) is 0 Å². The molecule has 3 amide bonds. The summed E-state index contributed by atoms with van der Waals surface area (Å²) in [7, 11) is 0. The molecule has 0 aliphatic carbocycles. The predicted molar refractivity (Wildman–Crippen MR) is 108 cm³/mol. The molecule has 3 N–H and O–H groups in total. The number of rotatable bonds is 7. The number of para-hydroxylation sites is 1. The number of halogens is 2. The zero-order valence-corrected chi connectivity index (χ0v) is 16.7. The van der Waals surface area contributed by atoms with Gasteiger partial charge in [-0.1, -0.05) is 32.0 Å². The van der Waals surface area contributed by atoms with Crippen molar-refractivity contribution in [3.05, 3.63) is 60.2 Å². The number of hydrogen-bond acceptors (Lipinski definition) is 4. The van der Waals surface area contributed by atoms with E-state index in [2.05, 4.69) is 16.0 Å². The highest BCUT2D eigenvalue weighted by molar-refractivity contribution is 5.96. The molecule has 2 atom stereocenters. The van der Waals surface area contributed by atoms with Crippen molar-refractivity contribution < 1.29 is 27.9 Å². The van der Waals surface area contributed by atoms with Crippen LogP contribution in [0.5, 0.6) is 0 Å². The van der Waals surface area contributed by atoms with Crippen LogP contribution >= 0.6 is 0 Å². The number of nitrogens with one attached hydrogen (secondary N) is 3. The molecule has 0 saturated carbocycles. The topological polar surface area (TPSA) is 96.5 Å². The largest absolute Gasteiger partial charge is 0.451 e. The fourth-order valence-corrected chi connectivity index (χ4v) is 2.45. The average molecular weight is 419 g/mol. The fraction of sp³-hybridized carbons (Fsp3) is 0.286. The molecule has 0 heterocycles. The van der Waals surface area contributed by atoms with E-state index in [0.29, 0.717) is 11.8 Å². The monoisotopic (exact) mass is 419 g/mol. The Morgan fingerprint density at radius 1 is 0.933 bits per heavy atom. The number of carbonyl (C=O) groups is 3. The lowest BCUT2D eigenvalue weighted by atomic mass is 10.0. The van der Waals surface area contributed by atoms with Gasteiger partial charge in [0.05, 0.1) is 5.69 Å². The molecule has 9 heteroatoms. The molecule has 2 aromatic carbocycles. The Labute approximate surface area is 172 Å². The van der Waals surface area contributed by atoms with Crippen LogP contribution in [-0.2, 0) is 14.3 Å². The van der Waals surface area contributed by atoms with Gasteiger partial charge in [-0.05, 0) is 37.1 Å². The third-order valence-corrected chi connectivity index (χ3v) is 4.09. The smallest absolute Gasteiger partial charge is 0.329 e. The first-order valence-electron chi connectivity index (χ1n) is 9.26. The molecule has 0 aliphatic rings. The highest BCUT2D eigenvalue weighted by Crippen LogP contribution is 2.16. The van der Waals surface area contributed by atoms with Crippen LogP contribution in [0.4, 0.5) is 25.0 Å². The third kappa shape index (κ3) is 6.54. The van der Waals surface area contributed by atoms with E-state index >= 15 is 0 Å². The molecule has 2 rings (SSSR count). The zero-order valence-electron chi connectivity index (χ0n) is 16.7. The Kier molecular flexibility index (Phi) is 7.85. The first kappa shape index (κ1) is 22.8. The number of urea groups is 1. The van der Waals surface area contributed by atoms with E-state index in [1.807, 2.05) is 0 Å². The highest BCUT2D eigenvalue weighted by atomic mass is 19.1. The molecule has 2 aromatic rings. The standard InChI is InChI=1S/C21H23F2N3O4/c1-12(2)18(26-21(29)24-15-7-5-4-6-8-15)20(28)30-13(3)19(27)25-17-10-9-14(22)11-16(17)23/h4-13,18H,1-3H3,(H,25,27)(H2,24,26,29)/t13-,18+/m1/s1. The van der Waals surface area contributed by atoms with E-state index in [1.165, 1.54) is 6.92 Å². The average Bonchev–Trinajstić information content (AvgIpc) is 2.68. The van der Waals surface area contributed by atoms with Gasteiger partial charge in [-0.25, -0.2) is 18.4 Å². The van der Waals surface area contributed by atoms with E-state index in [0.717, 1.165) is 12.1 Å². The van der Waals surface area contributed by atoms with Crippen LogP contribution in [0.2, 0.25) is 0 Å². The summed E-state index contributed by atoms with van der Waals surface area (Å²) in [5.41, 5.74) is 0.296. The molecular weight excluding hydrogens is 396 g/mol. The van der Waals surface area contributed by atoms with Crippen LogP contribution in [0.1, 0.15) is 20.8 Å². The van der Waals surface area contributed by atoms with Crippen molar-refractivity contribution in [2.24, 2.45) is 5.92 Å². The van der Waals surface area contributed by atoms with Gasteiger partial charge in [-0.15, -0.1) is 0 Å². The van der Waals surface area contributed by atoms with Crippen molar-refractivity contribution in [2.45, 2.75) is 32.9 Å². The summed E-state index contributed by atoms with van der Waals surface area (Å²) in [6.45, 7) is 4.71. The van der Waals surface area contributed by atoms with Crippen molar-refractivity contribution in [1.29, 1.82) is 0 Å². The van der Waals surface area contributed by atoms with Crippen LogP contribution in [0, 0.1) is 17.6 Å². The minimum atomic E-state index is -1.28. The maximum absolute atomic E-state index is 13.7. The fourth-order valence-electron chi connectivity index (χ4n) is 2.45. The summed E-state index contributed by atoms with van der Waals surface area (Å²) in [6.07, 6.45) is -1.28. The maximum Gasteiger partial charge on any atom is 0.329 e. The van der Waals surface area contributed by atoms with E-state index in [-0.39, 0.29) is 11.6 Å². The maximum atomic E-state index is 13.7.